The van der Waals surface area contributed by atoms with Crippen molar-refractivity contribution in [3.63, 3.8) is 0 Å². The van der Waals surface area contributed by atoms with E-state index in [-0.39, 0.29) is 0 Å². The molecule has 18 heavy (non-hydrogen) atoms. The van der Waals surface area contributed by atoms with Gasteiger partial charge < -0.3 is 16.2 Å². The quantitative estimate of drug-likeness (QED) is 0.819. The molecular formula is C14H28N2OS. The fourth-order valence-corrected chi connectivity index (χ4v) is 0.932. The second kappa shape index (κ2) is 12.4. The van der Waals surface area contributed by atoms with Crippen molar-refractivity contribution in [1.82, 2.24) is 0 Å². The normalized spacial score (nSPS) is 8.83. The molecule has 4 N–H and O–H groups in total. The first-order valence-electron chi connectivity index (χ1n) is 6.19. The van der Waals surface area contributed by atoms with Crippen LogP contribution in [0, 0.1) is 5.92 Å². The maximum Gasteiger partial charge on any atom is 0.144 e. The first-order chi connectivity index (χ1) is 8.51. The molecule has 0 unspecified atom stereocenters. The summed E-state index contributed by atoms with van der Waals surface area (Å²) < 4.78 is 5.47. The van der Waals surface area contributed by atoms with Crippen molar-refractivity contribution < 1.29 is 4.74 Å². The standard InChI is InChI=1S/C10H16N2O.C2H6S.C2H6/c1-7(2)6-13-10-5-8(11)3-4-9(10)12;1-3-2;1-2/h3-5,7H,6,11-12H2,1-2H3;1-2H3;1-2H3. The number of benzene rings is 1. The van der Waals surface area contributed by atoms with Crippen LogP contribution in [0.4, 0.5) is 11.4 Å². The van der Waals surface area contributed by atoms with E-state index < -0.39 is 0 Å². The molecular weight excluding hydrogens is 244 g/mol. The number of thioether (sulfide) groups is 1. The molecule has 0 radical (unpaired) electrons. The van der Waals surface area contributed by atoms with Crippen LogP contribution in [0.15, 0.2) is 18.2 Å². The number of rotatable bonds is 3. The predicted octanol–water partition coefficient (Wildman–Crippen LogP) is 3.89. The Kier molecular flexibility index (Phi) is 13.3. The van der Waals surface area contributed by atoms with Gasteiger partial charge in [0.1, 0.15) is 5.75 Å². The SMILES string of the molecule is CC.CC(C)COc1cc(N)ccc1N.CSC. The third-order valence-corrected chi connectivity index (χ3v) is 1.61. The van der Waals surface area contributed by atoms with E-state index in [4.69, 9.17) is 16.2 Å². The van der Waals surface area contributed by atoms with Crippen molar-refractivity contribution in [3.05, 3.63) is 18.2 Å². The molecule has 1 rings (SSSR count). The van der Waals surface area contributed by atoms with Gasteiger partial charge in [-0.15, -0.1) is 0 Å². The molecule has 0 saturated carbocycles. The van der Waals surface area contributed by atoms with Gasteiger partial charge in [0.25, 0.3) is 0 Å². The number of hydrogen-bond donors (Lipinski definition) is 2. The van der Waals surface area contributed by atoms with Crippen LogP contribution in [0.25, 0.3) is 0 Å². The van der Waals surface area contributed by atoms with Crippen LogP contribution in [-0.4, -0.2) is 19.1 Å². The summed E-state index contributed by atoms with van der Waals surface area (Å²) in [6.07, 6.45) is 4.08. The van der Waals surface area contributed by atoms with Gasteiger partial charge >= 0.3 is 0 Å². The van der Waals surface area contributed by atoms with Crippen LogP contribution >= 0.6 is 11.8 Å². The Balaban J connectivity index is 0. The number of hydrogen-bond acceptors (Lipinski definition) is 4. The number of nitrogen functional groups attached to an aromatic ring is 2. The van der Waals surface area contributed by atoms with Gasteiger partial charge in [-0.1, -0.05) is 27.7 Å². The summed E-state index contributed by atoms with van der Waals surface area (Å²) in [7, 11) is 0. The van der Waals surface area contributed by atoms with Crippen LogP contribution in [0.3, 0.4) is 0 Å². The van der Waals surface area contributed by atoms with Gasteiger partial charge in [-0.25, -0.2) is 0 Å². The maximum atomic E-state index is 5.70. The van der Waals surface area contributed by atoms with Crippen molar-refractivity contribution in [2.45, 2.75) is 27.7 Å². The van der Waals surface area contributed by atoms with Crippen LogP contribution in [-0.2, 0) is 0 Å². The Morgan fingerprint density at radius 3 is 2.11 bits per heavy atom. The molecule has 0 aliphatic carbocycles. The lowest BCUT2D eigenvalue weighted by atomic mass is 10.2. The summed E-state index contributed by atoms with van der Waals surface area (Å²) >= 11 is 1.75. The van der Waals surface area contributed by atoms with E-state index in [1.54, 1.807) is 30.0 Å². The van der Waals surface area contributed by atoms with E-state index in [1.165, 1.54) is 0 Å². The molecule has 1 aromatic carbocycles. The smallest absolute Gasteiger partial charge is 0.144 e. The summed E-state index contributed by atoms with van der Waals surface area (Å²) in [4.78, 5) is 0. The highest BCUT2D eigenvalue weighted by atomic mass is 32.2. The summed E-state index contributed by atoms with van der Waals surface area (Å²) in [5, 5.41) is 0. The minimum absolute atomic E-state index is 0.487. The molecule has 0 aliphatic heterocycles. The van der Waals surface area contributed by atoms with E-state index in [9.17, 15) is 0 Å². The van der Waals surface area contributed by atoms with Gasteiger partial charge in [0, 0.05) is 11.8 Å². The van der Waals surface area contributed by atoms with Gasteiger partial charge in [0.15, 0.2) is 0 Å². The highest BCUT2D eigenvalue weighted by molar-refractivity contribution is 7.97. The molecule has 0 spiro atoms. The fraction of sp³-hybridized carbons (Fsp3) is 0.571. The molecule has 106 valence electrons. The number of anilines is 2. The molecule has 1 aromatic rings. The Hall–Kier alpha value is -1.03. The molecule has 0 aliphatic rings. The third kappa shape index (κ3) is 10.1. The van der Waals surface area contributed by atoms with E-state index in [0.717, 1.165) is 0 Å². The third-order valence-electron chi connectivity index (χ3n) is 1.61. The molecule has 0 bridgehead atoms. The van der Waals surface area contributed by atoms with Crippen LogP contribution < -0.4 is 16.2 Å². The predicted molar refractivity (Wildman–Crippen MR) is 86.4 cm³/mol. The second-order valence-corrected chi connectivity index (χ2v) is 4.73. The largest absolute Gasteiger partial charge is 0.491 e. The summed E-state index contributed by atoms with van der Waals surface area (Å²) in [5.74, 6) is 1.16. The van der Waals surface area contributed by atoms with Gasteiger partial charge in [0.05, 0.1) is 12.3 Å². The zero-order valence-corrected chi connectivity index (χ0v) is 13.3. The van der Waals surface area contributed by atoms with Gasteiger partial charge in [-0.3, -0.25) is 0 Å². The first-order valence-corrected chi connectivity index (χ1v) is 7.82. The van der Waals surface area contributed by atoms with E-state index in [0.29, 0.717) is 29.6 Å². The van der Waals surface area contributed by atoms with Gasteiger partial charge in [-0.05, 0) is 30.6 Å². The molecule has 3 nitrogen and oxygen atoms in total. The van der Waals surface area contributed by atoms with Crippen LogP contribution in [0.1, 0.15) is 27.7 Å². The van der Waals surface area contributed by atoms with Gasteiger partial charge in [0.2, 0.25) is 0 Å². The monoisotopic (exact) mass is 272 g/mol. The molecule has 0 atom stereocenters. The minimum atomic E-state index is 0.487. The molecule has 0 amide bonds. The lowest BCUT2D eigenvalue weighted by Gasteiger charge is -2.11. The lowest BCUT2D eigenvalue weighted by Crippen LogP contribution is -2.06. The van der Waals surface area contributed by atoms with Crippen molar-refractivity contribution in [2.75, 3.05) is 30.6 Å². The topological polar surface area (TPSA) is 61.3 Å². The fourth-order valence-electron chi connectivity index (χ4n) is 0.932. The number of ether oxygens (including phenoxy) is 1. The molecule has 4 heteroatoms. The van der Waals surface area contributed by atoms with Crippen molar-refractivity contribution >= 4 is 23.1 Å². The summed E-state index contributed by atoms with van der Waals surface area (Å²) in [6.45, 7) is 8.83. The van der Waals surface area contributed by atoms with Crippen LogP contribution in [0.5, 0.6) is 5.75 Å². The van der Waals surface area contributed by atoms with Crippen molar-refractivity contribution in [2.24, 2.45) is 5.92 Å². The Bertz CT molecular complexity index is 304. The number of nitrogens with two attached hydrogens (primary N) is 2. The maximum absolute atomic E-state index is 5.70. The van der Waals surface area contributed by atoms with Crippen molar-refractivity contribution in [3.8, 4) is 5.75 Å². The Labute approximate surface area is 116 Å². The summed E-state index contributed by atoms with van der Waals surface area (Å²) in [5.41, 5.74) is 12.6. The van der Waals surface area contributed by atoms with Crippen molar-refractivity contribution in [1.29, 1.82) is 0 Å². The molecule has 0 aromatic heterocycles. The van der Waals surface area contributed by atoms with E-state index in [2.05, 4.69) is 13.8 Å². The average molecular weight is 272 g/mol. The minimum Gasteiger partial charge on any atom is -0.491 e. The zero-order chi connectivity index (χ0) is 14.6. The van der Waals surface area contributed by atoms with Gasteiger partial charge in [-0.2, -0.15) is 11.8 Å². The molecule has 0 heterocycles. The van der Waals surface area contributed by atoms with E-state index in [1.807, 2.05) is 26.4 Å². The highest BCUT2D eigenvalue weighted by Crippen LogP contribution is 2.24. The lowest BCUT2D eigenvalue weighted by molar-refractivity contribution is 0.272. The average Bonchev–Trinajstić information content (AvgIpc) is 2.34. The zero-order valence-electron chi connectivity index (χ0n) is 12.5. The summed E-state index contributed by atoms with van der Waals surface area (Å²) in [6, 6.07) is 5.26. The Morgan fingerprint density at radius 1 is 1.17 bits per heavy atom. The van der Waals surface area contributed by atoms with Crippen LogP contribution in [0.2, 0.25) is 0 Å². The first kappa shape index (κ1) is 19.3. The molecule has 0 saturated heterocycles. The van der Waals surface area contributed by atoms with E-state index >= 15 is 0 Å². The Morgan fingerprint density at radius 2 is 1.67 bits per heavy atom. The second-order valence-electron chi connectivity index (χ2n) is 3.91. The molecule has 0 fully saturated rings. The highest BCUT2D eigenvalue weighted by Gasteiger charge is 2.01.